The standard InChI is InChI=1S/C16H12O5/c17-8-11-1-4-13(5-2-11)16(18)19-9-12-3-6-14-15(7-12)21-10-20-14/h1-8H,9-10H2. The molecule has 0 spiro atoms. The van der Waals surface area contributed by atoms with E-state index in [-0.39, 0.29) is 13.4 Å². The summed E-state index contributed by atoms with van der Waals surface area (Å²) in [7, 11) is 0. The third-order valence-electron chi connectivity index (χ3n) is 3.09. The van der Waals surface area contributed by atoms with Crippen LogP contribution in [-0.2, 0) is 11.3 Å². The van der Waals surface area contributed by atoms with Crippen molar-refractivity contribution in [1.82, 2.24) is 0 Å². The lowest BCUT2D eigenvalue weighted by Crippen LogP contribution is -2.05. The molecule has 3 rings (SSSR count). The first-order chi connectivity index (χ1) is 10.3. The van der Waals surface area contributed by atoms with Crippen molar-refractivity contribution in [2.45, 2.75) is 6.61 Å². The zero-order valence-electron chi connectivity index (χ0n) is 11.1. The Bertz CT molecular complexity index is 676. The van der Waals surface area contributed by atoms with E-state index in [9.17, 15) is 9.59 Å². The summed E-state index contributed by atoms with van der Waals surface area (Å²) >= 11 is 0. The summed E-state index contributed by atoms with van der Waals surface area (Å²) in [5.74, 6) is 0.901. The Labute approximate surface area is 121 Å². The van der Waals surface area contributed by atoms with Crippen LogP contribution in [0.2, 0.25) is 0 Å². The highest BCUT2D eigenvalue weighted by Gasteiger charge is 2.14. The van der Waals surface area contributed by atoms with Crippen LogP contribution in [0, 0.1) is 0 Å². The van der Waals surface area contributed by atoms with Gasteiger partial charge in [-0.2, -0.15) is 0 Å². The summed E-state index contributed by atoms with van der Waals surface area (Å²) < 4.78 is 15.7. The van der Waals surface area contributed by atoms with Gasteiger partial charge in [0.1, 0.15) is 12.9 Å². The number of carbonyl (C=O) groups excluding carboxylic acids is 2. The molecule has 2 aromatic carbocycles. The van der Waals surface area contributed by atoms with E-state index in [1.165, 1.54) is 0 Å². The fraction of sp³-hybridized carbons (Fsp3) is 0.125. The summed E-state index contributed by atoms with van der Waals surface area (Å²) in [5.41, 5.74) is 1.74. The number of hydrogen-bond donors (Lipinski definition) is 0. The molecule has 0 fully saturated rings. The Kier molecular flexibility index (Phi) is 3.55. The average molecular weight is 284 g/mol. The maximum absolute atomic E-state index is 11.9. The van der Waals surface area contributed by atoms with E-state index >= 15 is 0 Å². The largest absolute Gasteiger partial charge is 0.457 e. The average Bonchev–Trinajstić information content (AvgIpc) is 3.00. The smallest absolute Gasteiger partial charge is 0.338 e. The summed E-state index contributed by atoms with van der Waals surface area (Å²) in [5, 5.41) is 0. The van der Waals surface area contributed by atoms with Crippen LogP contribution >= 0.6 is 0 Å². The first-order valence-electron chi connectivity index (χ1n) is 6.37. The van der Waals surface area contributed by atoms with Crippen molar-refractivity contribution in [2.75, 3.05) is 6.79 Å². The van der Waals surface area contributed by atoms with Crippen LogP contribution in [0.5, 0.6) is 11.5 Å². The number of carbonyl (C=O) groups is 2. The van der Waals surface area contributed by atoms with Gasteiger partial charge in [0.25, 0.3) is 0 Å². The lowest BCUT2D eigenvalue weighted by atomic mass is 10.1. The van der Waals surface area contributed by atoms with Crippen molar-refractivity contribution in [3.05, 3.63) is 59.2 Å². The third-order valence-corrected chi connectivity index (χ3v) is 3.09. The second kappa shape index (κ2) is 5.66. The molecule has 5 heteroatoms. The van der Waals surface area contributed by atoms with E-state index < -0.39 is 5.97 Å². The maximum atomic E-state index is 11.9. The summed E-state index contributed by atoms with van der Waals surface area (Å²) in [6, 6.07) is 11.7. The molecule has 1 aliphatic rings. The summed E-state index contributed by atoms with van der Waals surface area (Å²) in [6.45, 7) is 0.354. The Morgan fingerprint density at radius 1 is 1.10 bits per heavy atom. The van der Waals surface area contributed by atoms with E-state index in [2.05, 4.69) is 0 Å². The van der Waals surface area contributed by atoms with E-state index in [4.69, 9.17) is 14.2 Å². The number of hydrogen-bond acceptors (Lipinski definition) is 5. The molecule has 1 aliphatic heterocycles. The first kappa shape index (κ1) is 13.2. The Balaban J connectivity index is 1.63. The molecule has 1 heterocycles. The van der Waals surface area contributed by atoms with Gasteiger partial charge in [0.15, 0.2) is 11.5 Å². The van der Waals surface area contributed by atoms with Crippen molar-refractivity contribution in [1.29, 1.82) is 0 Å². The van der Waals surface area contributed by atoms with Gasteiger partial charge in [0.05, 0.1) is 5.56 Å². The van der Waals surface area contributed by atoms with Crippen LogP contribution in [0.15, 0.2) is 42.5 Å². The summed E-state index contributed by atoms with van der Waals surface area (Å²) in [4.78, 5) is 22.4. The molecule has 0 atom stereocenters. The van der Waals surface area contributed by atoms with Crippen LogP contribution in [-0.4, -0.2) is 19.0 Å². The van der Waals surface area contributed by atoms with Crippen LogP contribution in [0.4, 0.5) is 0 Å². The van der Waals surface area contributed by atoms with Gasteiger partial charge in [0, 0.05) is 5.56 Å². The van der Waals surface area contributed by atoms with Crippen LogP contribution in [0.3, 0.4) is 0 Å². The minimum absolute atomic E-state index is 0.144. The molecule has 0 unspecified atom stereocenters. The second-order valence-corrected chi connectivity index (χ2v) is 4.50. The third kappa shape index (κ3) is 2.86. The monoisotopic (exact) mass is 284 g/mol. The topological polar surface area (TPSA) is 61.8 Å². The van der Waals surface area contributed by atoms with E-state index in [1.807, 2.05) is 6.07 Å². The van der Waals surface area contributed by atoms with E-state index in [0.717, 1.165) is 11.8 Å². The number of rotatable bonds is 4. The first-order valence-corrected chi connectivity index (χ1v) is 6.37. The fourth-order valence-electron chi connectivity index (χ4n) is 1.96. The lowest BCUT2D eigenvalue weighted by Gasteiger charge is -2.06. The second-order valence-electron chi connectivity index (χ2n) is 4.50. The predicted octanol–water partition coefficient (Wildman–Crippen LogP) is 2.58. The Hall–Kier alpha value is -2.82. The van der Waals surface area contributed by atoms with Gasteiger partial charge in [-0.1, -0.05) is 18.2 Å². The Morgan fingerprint density at radius 3 is 2.62 bits per heavy atom. The van der Waals surface area contributed by atoms with Crippen molar-refractivity contribution in [3.8, 4) is 11.5 Å². The van der Waals surface area contributed by atoms with Gasteiger partial charge in [-0.15, -0.1) is 0 Å². The SMILES string of the molecule is O=Cc1ccc(C(=O)OCc2ccc3c(c2)OCO3)cc1. The molecule has 106 valence electrons. The quantitative estimate of drug-likeness (QED) is 0.638. The van der Waals surface area contributed by atoms with Gasteiger partial charge in [-0.3, -0.25) is 4.79 Å². The molecular formula is C16H12O5. The molecule has 21 heavy (non-hydrogen) atoms. The highest BCUT2D eigenvalue weighted by Crippen LogP contribution is 2.32. The zero-order valence-corrected chi connectivity index (χ0v) is 11.1. The van der Waals surface area contributed by atoms with Crippen molar-refractivity contribution in [2.24, 2.45) is 0 Å². The minimum atomic E-state index is -0.440. The number of benzene rings is 2. The fourth-order valence-corrected chi connectivity index (χ4v) is 1.96. The molecule has 0 radical (unpaired) electrons. The van der Waals surface area contributed by atoms with Gasteiger partial charge in [-0.05, 0) is 29.8 Å². The molecule has 2 aromatic rings. The zero-order chi connectivity index (χ0) is 14.7. The number of esters is 1. The molecule has 0 aromatic heterocycles. The summed E-state index contributed by atoms with van der Waals surface area (Å²) in [6.07, 6.45) is 0.724. The molecule has 0 aliphatic carbocycles. The predicted molar refractivity (Wildman–Crippen MR) is 73.5 cm³/mol. The van der Waals surface area contributed by atoms with Gasteiger partial charge in [-0.25, -0.2) is 4.79 Å². The highest BCUT2D eigenvalue weighted by molar-refractivity contribution is 5.90. The highest BCUT2D eigenvalue weighted by atomic mass is 16.7. The normalized spacial score (nSPS) is 12.0. The van der Waals surface area contributed by atoms with E-state index in [1.54, 1.807) is 36.4 Å². The molecule has 0 bridgehead atoms. The number of aldehydes is 1. The molecule has 0 saturated heterocycles. The Morgan fingerprint density at radius 2 is 1.86 bits per heavy atom. The van der Waals surface area contributed by atoms with Crippen molar-refractivity contribution in [3.63, 3.8) is 0 Å². The van der Waals surface area contributed by atoms with Gasteiger partial charge < -0.3 is 14.2 Å². The molecule has 0 amide bonds. The van der Waals surface area contributed by atoms with Crippen LogP contribution < -0.4 is 9.47 Å². The van der Waals surface area contributed by atoms with Crippen LogP contribution in [0.25, 0.3) is 0 Å². The molecule has 0 saturated carbocycles. The van der Waals surface area contributed by atoms with Gasteiger partial charge >= 0.3 is 5.97 Å². The van der Waals surface area contributed by atoms with Gasteiger partial charge in [0.2, 0.25) is 6.79 Å². The molecule has 5 nitrogen and oxygen atoms in total. The molecule has 0 N–H and O–H groups in total. The molecular weight excluding hydrogens is 272 g/mol. The number of ether oxygens (including phenoxy) is 3. The van der Waals surface area contributed by atoms with E-state index in [0.29, 0.717) is 22.6 Å². The van der Waals surface area contributed by atoms with Crippen LogP contribution in [0.1, 0.15) is 26.3 Å². The maximum Gasteiger partial charge on any atom is 0.338 e. The number of fused-ring (bicyclic) bond motifs is 1. The lowest BCUT2D eigenvalue weighted by molar-refractivity contribution is 0.0472. The van der Waals surface area contributed by atoms with Crippen molar-refractivity contribution < 1.29 is 23.8 Å². The van der Waals surface area contributed by atoms with Crippen molar-refractivity contribution >= 4 is 12.3 Å². The minimum Gasteiger partial charge on any atom is -0.457 e.